The molecule has 0 N–H and O–H groups in total. The highest BCUT2D eigenvalue weighted by Crippen LogP contribution is 2.12. The highest BCUT2D eigenvalue weighted by Gasteiger charge is 2.24. The predicted molar refractivity (Wildman–Crippen MR) is 42.8 cm³/mol. The Kier molecular flexibility index (Phi) is 3.53. The molecule has 60 valence electrons. The molecule has 2 nitrogen and oxygen atoms in total. The number of ketones is 2. The maximum Gasteiger partial charge on any atom is 0.141 e. The smallest absolute Gasteiger partial charge is 0.141 e. The summed E-state index contributed by atoms with van der Waals surface area (Å²) in [6.45, 7) is 4.48. The molecule has 0 fully saturated rings. The largest absolute Gasteiger partial charge is 0.299 e. The fraction of sp³-hybridized carbons (Fsp3) is 0.556. The van der Waals surface area contributed by atoms with Gasteiger partial charge in [-0.25, -0.2) is 0 Å². The molecule has 0 radical (unpaired) electrons. The van der Waals surface area contributed by atoms with Gasteiger partial charge in [0.1, 0.15) is 11.6 Å². The molecular weight excluding hydrogens is 140 g/mol. The van der Waals surface area contributed by atoms with Crippen molar-refractivity contribution in [1.29, 1.82) is 0 Å². The maximum absolute atomic E-state index is 10.9. The summed E-state index contributed by atoms with van der Waals surface area (Å²) in [5.41, 5.74) is 0. The molecule has 0 heterocycles. The van der Waals surface area contributed by atoms with Gasteiger partial charge in [-0.2, -0.15) is 0 Å². The van der Waals surface area contributed by atoms with Crippen LogP contribution in [0.2, 0.25) is 0 Å². The van der Waals surface area contributed by atoms with Crippen LogP contribution in [0.5, 0.6) is 0 Å². The highest BCUT2D eigenvalue weighted by molar-refractivity contribution is 6.00. The fourth-order valence-corrected chi connectivity index (χ4v) is 1.09. The van der Waals surface area contributed by atoms with Crippen molar-refractivity contribution in [1.82, 2.24) is 0 Å². The zero-order valence-corrected chi connectivity index (χ0v) is 7.05. The lowest BCUT2D eigenvalue weighted by molar-refractivity contribution is -0.131. The third-order valence-corrected chi connectivity index (χ3v) is 1.64. The van der Waals surface area contributed by atoms with Gasteiger partial charge >= 0.3 is 0 Å². The second-order valence-electron chi connectivity index (χ2n) is 2.65. The summed E-state index contributed by atoms with van der Waals surface area (Å²) < 4.78 is 0. The van der Waals surface area contributed by atoms with E-state index in [9.17, 15) is 9.59 Å². The molecule has 0 rings (SSSR count). The van der Waals surface area contributed by atoms with E-state index in [1.54, 1.807) is 6.92 Å². The van der Waals surface area contributed by atoms with Gasteiger partial charge in [-0.3, -0.25) is 9.59 Å². The predicted octanol–water partition coefficient (Wildman–Crippen LogP) is 1.05. The molecule has 1 unspecified atom stereocenters. The second-order valence-corrected chi connectivity index (χ2v) is 2.65. The number of Topliss-reactive ketones (excluding diaryl/α,β-unsaturated/α-hetero) is 2. The van der Waals surface area contributed by atoms with Crippen LogP contribution in [0.1, 0.15) is 20.8 Å². The summed E-state index contributed by atoms with van der Waals surface area (Å²) in [6, 6.07) is 0. The number of hydrogen-bond acceptors (Lipinski definition) is 2. The summed E-state index contributed by atoms with van der Waals surface area (Å²) in [6.07, 6.45) is 5.09. The molecule has 0 aromatic heterocycles. The van der Waals surface area contributed by atoms with Crippen LogP contribution in [0.15, 0.2) is 0 Å². The van der Waals surface area contributed by atoms with Gasteiger partial charge in [-0.1, -0.05) is 6.92 Å². The van der Waals surface area contributed by atoms with E-state index in [2.05, 4.69) is 5.92 Å². The summed E-state index contributed by atoms with van der Waals surface area (Å²) >= 11 is 0. The Morgan fingerprint density at radius 3 is 1.73 bits per heavy atom. The monoisotopic (exact) mass is 152 g/mol. The van der Waals surface area contributed by atoms with Crippen molar-refractivity contribution in [3.05, 3.63) is 0 Å². The molecule has 11 heavy (non-hydrogen) atoms. The van der Waals surface area contributed by atoms with Gasteiger partial charge in [0.2, 0.25) is 0 Å². The summed E-state index contributed by atoms with van der Waals surface area (Å²) in [4.78, 5) is 21.7. The van der Waals surface area contributed by atoms with E-state index >= 15 is 0 Å². The van der Waals surface area contributed by atoms with E-state index in [0.717, 1.165) is 0 Å². The third kappa shape index (κ3) is 2.55. The van der Waals surface area contributed by atoms with E-state index in [4.69, 9.17) is 6.42 Å². The molecule has 0 saturated carbocycles. The molecule has 1 atom stereocenters. The molecule has 0 saturated heterocycles. The average Bonchev–Trinajstić information content (AvgIpc) is 1.85. The Balaban J connectivity index is 4.50. The van der Waals surface area contributed by atoms with E-state index in [0.29, 0.717) is 0 Å². The number of hydrogen-bond donors (Lipinski definition) is 0. The van der Waals surface area contributed by atoms with Crippen molar-refractivity contribution in [3.8, 4) is 12.3 Å². The summed E-state index contributed by atoms with van der Waals surface area (Å²) in [5.74, 6) is 1.19. The summed E-state index contributed by atoms with van der Waals surface area (Å²) in [5, 5.41) is 0. The van der Waals surface area contributed by atoms with E-state index in [1.165, 1.54) is 13.8 Å². The first kappa shape index (κ1) is 9.90. The Bertz CT molecular complexity index is 196. The van der Waals surface area contributed by atoms with Crippen LogP contribution in [0.3, 0.4) is 0 Å². The van der Waals surface area contributed by atoms with Crippen LogP contribution in [0, 0.1) is 24.2 Å². The zero-order chi connectivity index (χ0) is 9.02. The molecule has 0 aromatic rings. The van der Waals surface area contributed by atoms with Gasteiger partial charge in [-0.15, -0.1) is 12.3 Å². The number of terminal acetylenes is 1. The molecule has 0 aliphatic rings. The van der Waals surface area contributed by atoms with Crippen molar-refractivity contribution < 1.29 is 9.59 Å². The van der Waals surface area contributed by atoms with Gasteiger partial charge < -0.3 is 0 Å². The van der Waals surface area contributed by atoms with Gasteiger partial charge in [0, 0.05) is 5.92 Å². The van der Waals surface area contributed by atoms with Crippen LogP contribution < -0.4 is 0 Å². The summed E-state index contributed by atoms with van der Waals surface area (Å²) in [7, 11) is 0. The first-order chi connectivity index (χ1) is 5.00. The zero-order valence-electron chi connectivity index (χ0n) is 7.05. The maximum atomic E-state index is 10.9. The molecule has 0 bridgehead atoms. The first-order valence-electron chi connectivity index (χ1n) is 3.47. The van der Waals surface area contributed by atoms with E-state index < -0.39 is 5.92 Å². The van der Waals surface area contributed by atoms with Crippen molar-refractivity contribution >= 4 is 11.6 Å². The minimum Gasteiger partial charge on any atom is -0.299 e. The minimum absolute atomic E-state index is 0.150. The lowest BCUT2D eigenvalue weighted by Crippen LogP contribution is -2.25. The third-order valence-electron chi connectivity index (χ3n) is 1.64. The topological polar surface area (TPSA) is 34.1 Å². The number of rotatable bonds is 3. The van der Waals surface area contributed by atoms with Crippen LogP contribution in [-0.2, 0) is 9.59 Å². The Morgan fingerprint density at radius 1 is 1.27 bits per heavy atom. The molecule has 0 amide bonds. The van der Waals surface area contributed by atoms with Gasteiger partial charge in [0.05, 0.1) is 5.92 Å². The van der Waals surface area contributed by atoms with Gasteiger partial charge in [-0.05, 0) is 13.8 Å². The van der Waals surface area contributed by atoms with Crippen LogP contribution >= 0.6 is 0 Å². The van der Waals surface area contributed by atoms with Crippen LogP contribution in [0.25, 0.3) is 0 Å². The van der Waals surface area contributed by atoms with E-state index in [1.807, 2.05) is 0 Å². The molecular formula is C9H12O2. The standard InChI is InChI=1S/C9H12O2/c1-5-6(2)9(7(3)10)8(4)11/h1,6,9H,2-4H3. The SMILES string of the molecule is C#CC(C)C(C(C)=O)C(C)=O. The highest BCUT2D eigenvalue weighted by atomic mass is 16.1. The molecule has 0 spiro atoms. The number of carbonyl (C=O) groups is 2. The van der Waals surface area contributed by atoms with Crippen LogP contribution in [-0.4, -0.2) is 11.6 Å². The second kappa shape index (κ2) is 3.92. The molecule has 0 aliphatic carbocycles. The first-order valence-corrected chi connectivity index (χ1v) is 3.47. The molecule has 0 aromatic carbocycles. The van der Waals surface area contributed by atoms with Crippen molar-refractivity contribution in [3.63, 3.8) is 0 Å². The molecule has 2 heteroatoms. The van der Waals surface area contributed by atoms with E-state index in [-0.39, 0.29) is 17.5 Å². The Labute approximate surface area is 67.0 Å². The average molecular weight is 152 g/mol. The minimum atomic E-state index is -0.611. The lowest BCUT2D eigenvalue weighted by Gasteiger charge is -2.12. The lowest BCUT2D eigenvalue weighted by atomic mass is 9.88. The van der Waals surface area contributed by atoms with Crippen molar-refractivity contribution in [2.75, 3.05) is 0 Å². The quantitative estimate of drug-likeness (QED) is 0.447. The Morgan fingerprint density at radius 2 is 1.64 bits per heavy atom. The van der Waals surface area contributed by atoms with Crippen molar-refractivity contribution in [2.24, 2.45) is 11.8 Å². The Hall–Kier alpha value is -1.10. The molecule has 0 aliphatic heterocycles. The van der Waals surface area contributed by atoms with Gasteiger partial charge in [0.25, 0.3) is 0 Å². The fourth-order valence-electron chi connectivity index (χ4n) is 1.09. The van der Waals surface area contributed by atoms with Crippen molar-refractivity contribution in [2.45, 2.75) is 20.8 Å². The normalized spacial score (nSPS) is 12.3. The number of carbonyl (C=O) groups excluding carboxylic acids is 2. The van der Waals surface area contributed by atoms with Crippen LogP contribution in [0.4, 0.5) is 0 Å². The van der Waals surface area contributed by atoms with Gasteiger partial charge in [0.15, 0.2) is 0 Å².